The SMILES string of the molecule is Cn1ncc(Br)c1C(O)C1CCCS1. The predicted octanol–water partition coefficient (Wildman–Crippen LogP) is 2.11. The van der Waals surface area contributed by atoms with Gasteiger partial charge in [-0.2, -0.15) is 16.9 Å². The lowest BCUT2D eigenvalue weighted by Crippen LogP contribution is -2.16. The number of halogens is 1. The van der Waals surface area contributed by atoms with E-state index in [0.29, 0.717) is 5.25 Å². The van der Waals surface area contributed by atoms with Crippen molar-refractivity contribution in [1.82, 2.24) is 9.78 Å². The minimum atomic E-state index is -0.399. The van der Waals surface area contributed by atoms with Crippen LogP contribution in [0.25, 0.3) is 0 Å². The summed E-state index contributed by atoms with van der Waals surface area (Å²) in [6.45, 7) is 0. The quantitative estimate of drug-likeness (QED) is 0.899. The Kier molecular flexibility index (Phi) is 3.19. The molecule has 0 radical (unpaired) electrons. The first-order chi connectivity index (χ1) is 6.70. The molecular formula is C9H13BrN2OS. The molecule has 0 amide bonds. The highest BCUT2D eigenvalue weighted by Crippen LogP contribution is 2.37. The first kappa shape index (κ1) is 10.5. The molecule has 1 N–H and O–H groups in total. The third-order valence-corrected chi connectivity index (χ3v) is 4.59. The van der Waals surface area contributed by atoms with E-state index >= 15 is 0 Å². The number of aryl methyl sites for hydroxylation is 1. The van der Waals surface area contributed by atoms with Crippen molar-refractivity contribution < 1.29 is 5.11 Å². The molecule has 0 saturated carbocycles. The Bertz CT molecular complexity index is 303. The Morgan fingerprint density at radius 2 is 2.57 bits per heavy atom. The van der Waals surface area contributed by atoms with Gasteiger partial charge in [-0.05, 0) is 34.5 Å². The molecule has 14 heavy (non-hydrogen) atoms. The van der Waals surface area contributed by atoms with Crippen LogP contribution >= 0.6 is 27.7 Å². The van der Waals surface area contributed by atoms with Gasteiger partial charge < -0.3 is 5.11 Å². The summed E-state index contributed by atoms with van der Waals surface area (Å²) in [6, 6.07) is 0. The molecule has 2 atom stereocenters. The standard InChI is InChI=1S/C9H13BrN2OS/c1-12-8(6(10)5-11-12)9(13)7-3-2-4-14-7/h5,7,9,13H,2-4H2,1H3. The van der Waals surface area contributed by atoms with Crippen LogP contribution in [0.5, 0.6) is 0 Å². The predicted molar refractivity (Wildman–Crippen MR) is 61.3 cm³/mol. The second-order valence-electron chi connectivity index (χ2n) is 3.50. The second kappa shape index (κ2) is 4.24. The van der Waals surface area contributed by atoms with Crippen LogP contribution in [0.15, 0.2) is 10.7 Å². The van der Waals surface area contributed by atoms with Gasteiger partial charge in [0, 0.05) is 12.3 Å². The van der Waals surface area contributed by atoms with Gasteiger partial charge >= 0.3 is 0 Å². The average molecular weight is 277 g/mol. The van der Waals surface area contributed by atoms with E-state index in [1.807, 2.05) is 18.8 Å². The maximum atomic E-state index is 10.2. The van der Waals surface area contributed by atoms with Crippen molar-refractivity contribution in [3.05, 3.63) is 16.4 Å². The zero-order chi connectivity index (χ0) is 10.1. The topological polar surface area (TPSA) is 38.0 Å². The molecule has 1 saturated heterocycles. The van der Waals surface area contributed by atoms with Crippen molar-refractivity contribution in [2.75, 3.05) is 5.75 Å². The minimum absolute atomic E-state index is 0.335. The number of thioether (sulfide) groups is 1. The van der Waals surface area contributed by atoms with Gasteiger partial charge in [0.15, 0.2) is 0 Å². The highest BCUT2D eigenvalue weighted by Gasteiger charge is 2.28. The average Bonchev–Trinajstić information content (AvgIpc) is 2.75. The summed E-state index contributed by atoms with van der Waals surface area (Å²) in [5.74, 6) is 1.16. The van der Waals surface area contributed by atoms with Crippen molar-refractivity contribution in [2.45, 2.75) is 24.2 Å². The van der Waals surface area contributed by atoms with Crippen LogP contribution in [-0.4, -0.2) is 25.9 Å². The third-order valence-electron chi connectivity index (χ3n) is 2.53. The number of aliphatic hydroxyl groups is 1. The Balaban J connectivity index is 2.21. The number of nitrogens with zero attached hydrogens (tertiary/aromatic N) is 2. The van der Waals surface area contributed by atoms with Crippen LogP contribution < -0.4 is 0 Å². The molecule has 2 unspecified atom stereocenters. The van der Waals surface area contributed by atoms with Crippen molar-refractivity contribution >= 4 is 27.7 Å². The summed E-state index contributed by atoms with van der Waals surface area (Å²) in [6.07, 6.45) is 3.65. The number of aliphatic hydroxyl groups excluding tert-OH is 1. The minimum Gasteiger partial charge on any atom is -0.386 e. The van der Waals surface area contributed by atoms with E-state index in [2.05, 4.69) is 21.0 Å². The highest BCUT2D eigenvalue weighted by molar-refractivity contribution is 9.10. The molecule has 1 aromatic rings. The monoisotopic (exact) mass is 276 g/mol. The van der Waals surface area contributed by atoms with Gasteiger partial charge in [0.05, 0.1) is 16.4 Å². The normalized spacial score (nSPS) is 24.1. The van der Waals surface area contributed by atoms with Crippen molar-refractivity contribution in [1.29, 1.82) is 0 Å². The van der Waals surface area contributed by atoms with E-state index < -0.39 is 6.10 Å². The van der Waals surface area contributed by atoms with Gasteiger partial charge in [0.1, 0.15) is 6.10 Å². The van der Waals surface area contributed by atoms with E-state index in [4.69, 9.17) is 0 Å². The zero-order valence-electron chi connectivity index (χ0n) is 7.98. The van der Waals surface area contributed by atoms with Crippen LogP contribution in [0.1, 0.15) is 24.6 Å². The Morgan fingerprint density at radius 1 is 1.79 bits per heavy atom. The summed E-state index contributed by atoms with van der Waals surface area (Å²) < 4.78 is 2.65. The Morgan fingerprint density at radius 3 is 3.07 bits per heavy atom. The lowest BCUT2D eigenvalue weighted by atomic mass is 10.1. The van der Waals surface area contributed by atoms with E-state index in [0.717, 1.165) is 22.3 Å². The molecule has 1 aliphatic heterocycles. The summed E-state index contributed by atoms with van der Waals surface area (Å²) in [5.41, 5.74) is 0.893. The molecule has 5 heteroatoms. The van der Waals surface area contributed by atoms with Gasteiger partial charge in [0.25, 0.3) is 0 Å². The van der Waals surface area contributed by atoms with Gasteiger partial charge in [-0.1, -0.05) is 0 Å². The molecule has 2 rings (SSSR count). The second-order valence-corrected chi connectivity index (χ2v) is 5.70. The molecule has 3 nitrogen and oxygen atoms in total. The van der Waals surface area contributed by atoms with Crippen LogP contribution in [0.2, 0.25) is 0 Å². The summed E-state index contributed by atoms with van der Waals surface area (Å²) >= 11 is 5.27. The highest BCUT2D eigenvalue weighted by atomic mass is 79.9. The van der Waals surface area contributed by atoms with Crippen molar-refractivity contribution in [2.24, 2.45) is 7.05 Å². The smallest absolute Gasteiger partial charge is 0.109 e. The summed E-state index contributed by atoms with van der Waals surface area (Å²) in [4.78, 5) is 0. The van der Waals surface area contributed by atoms with Gasteiger partial charge in [-0.25, -0.2) is 0 Å². The molecule has 1 aromatic heterocycles. The van der Waals surface area contributed by atoms with Gasteiger partial charge in [0.2, 0.25) is 0 Å². The van der Waals surface area contributed by atoms with Crippen LogP contribution in [-0.2, 0) is 7.05 Å². The first-order valence-corrected chi connectivity index (χ1v) is 6.51. The molecule has 1 fully saturated rings. The number of hydrogen-bond donors (Lipinski definition) is 1. The third kappa shape index (κ3) is 1.85. The lowest BCUT2D eigenvalue weighted by molar-refractivity contribution is 0.162. The summed E-state index contributed by atoms with van der Waals surface area (Å²) in [7, 11) is 1.86. The fraction of sp³-hybridized carbons (Fsp3) is 0.667. The zero-order valence-corrected chi connectivity index (χ0v) is 10.4. The Labute approximate surface area is 96.0 Å². The molecule has 0 aromatic carbocycles. The molecule has 0 bridgehead atoms. The number of rotatable bonds is 2. The van der Waals surface area contributed by atoms with Crippen LogP contribution in [0.4, 0.5) is 0 Å². The van der Waals surface area contributed by atoms with E-state index in [-0.39, 0.29) is 0 Å². The fourth-order valence-corrected chi connectivity index (χ4v) is 3.64. The van der Waals surface area contributed by atoms with E-state index in [1.165, 1.54) is 6.42 Å². The largest absolute Gasteiger partial charge is 0.386 e. The van der Waals surface area contributed by atoms with Gasteiger partial charge in [-0.3, -0.25) is 4.68 Å². The maximum Gasteiger partial charge on any atom is 0.109 e. The van der Waals surface area contributed by atoms with Crippen molar-refractivity contribution in [3.63, 3.8) is 0 Å². The molecule has 2 heterocycles. The molecule has 0 spiro atoms. The van der Waals surface area contributed by atoms with Crippen LogP contribution in [0, 0.1) is 0 Å². The Hall–Kier alpha value is -0.0000000000000000555. The molecule has 0 aliphatic carbocycles. The lowest BCUT2D eigenvalue weighted by Gasteiger charge is -2.17. The van der Waals surface area contributed by atoms with E-state index in [1.54, 1.807) is 10.9 Å². The van der Waals surface area contributed by atoms with Crippen LogP contribution in [0.3, 0.4) is 0 Å². The summed E-state index contributed by atoms with van der Waals surface area (Å²) in [5, 5.41) is 14.6. The molecule has 1 aliphatic rings. The fourth-order valence-electron chi connectivity index (χ4n) is 1.78. The number of aromatic nitrogens is 2. The van der Waals surface area contributed by atoms with Gasteiger partial charge in [-0.15, -0.1) is 0 Å². The van der Waals surface area contributed by atoms with E-state index in [9.17, 15) is 5.11 Å². The molecular weight excluding hydrogens is 264 g/mol. The maximum absolute atomic E-state index is 10.2. The first-order valence-electron chi connectivity index (χ1n) is 4.67. The number of hydrogen-bond acceptors (Lipinski definition) is 3. The molecule has 78 valence electrons. The van der Waals surface area contributed by atoms with Crippen molar-refractivity contribution in [3.8, 4) is 0 Å².